The first kappa shape index (κ1) is 16.6. The fraction of sp³-hybridized carbons (Fsp3) is 0.588. The Labute approximate surface area is 132 Å². The van der Waals surface area contributed by atoms with Gasteiger partial charge in [0.15, 0.2) is 0 Å². The maximum Gasteiger partial charge on any atom is 0.303 e. The molecule has 1 aromatic rings. The van der Waals surface area contributed by atoms with Gasteiger partial charge in [-0.3, -0.25) is 4.79 Å². The molecule has 1 aromatic carbocycles. The molecule has 0 radical (unpaired) electrons. The molecule has 5 heteroatoms. The number of hydrogen-bond acceptors (Lipinski definition) is 4. The summed E-state index contributed by atoms with van der Waals surface area (Å²) in [6.45, 7) is 5.86. The summed E-state index contributed by atoms with van der Waals surface area (Å²) < 4.78 is 5.50. The van der Waals surface area contributed by atoms with Gasteiger partial charge in [-0.05, 0) is 23.6 Å². The number of rotatable bonds is 6. The highest BCUT2D eigenvalue weighted by Crippen LogP contribution is 2.34. The van der Waals surface area contributed by atoms with Crippen LogP contribution in [0, 0.1) is 5.92 Å². The maximum atomic E-state index is 11.1. The summed E-state index contributed by atoms with van der Waals surface area (Å²) in [5, 5.41) is 12.4. The van der Waals surface area contributed by atoms with Crippen LogP contribution in [-0.2, 0) is 4.79 Å². The van der Waals surface area contributed by atoms with E-state index in [1.165, 1.54) is 5.56 Å². The van der Waals surface area contributed by atoms with E-state index in [2.05, 4.69) is 36.2 Å². The van der Waals surface area contributed by atoms with E-state index in [1.54, 1.807) is 7.11 Å². The van der Waals surface area contributed by atoms with Crippen molar-refractivity contribution in [3.05, 3.63) is 23.8 Å². The average molecular weight is 306 g/mol. The number of likely N-dealkylation sites (N-methyl/N-ethyl adjacent to an activating group) is 1. The smallest absolute Gasteiger partial charge is 0.303 e. The lowest BCUT2D eigenvalue weighted by Crippen LogP contribution is -2.39. The van der Waals surface area contributed by atoms with Gasteiger partial charge in [-0.1, -0.05) is 19.9 Å². The second-order valence-electron chi connectivity index (χ2n) is 6.28. The van der Waals surface area contributed by atoms with Gasteiger partial charge in [0.1, 0.15) is 5.75 Å². The maximum absolute atomic E-state index is 11.1. The number of benzene rings is 1. The molecule has 2 rings (SSSR count). The van der Waals surface area contributed by atoms with Gasteiger partial charge in [0.2, 0.25) is 0 Å². The van der Waals surface area contributed by atoms with Crippen LogP contribution in [0.15, 0.2) is 18.2 Å². The minimum absolute atomic E-state index is 0.106. The number of nitrogens with one attached hydrogen (secondary N) is 1. The van der Waals surface area contributed by atoms with Crippen LogP contribution in [0.4, 0.5) is 5.69 Å². The van der Waals surface area contributed by atoms with Gasteiger partial charge < -0.3 is 20.1 Å². The zero-order valence-corrected chi connectivity index (χ0v) is 13.8. The van der Waals surface area contributed by atoms with Crippen molar-refractivity contribution in [1.82, 2.24) is 5.32 Å². The number of ether oxygens (including phenoxy) is 1. The number of methoxy groups -OCH3 is 1. The predicted octanol–water partition coefficient (Wildman–Crippen LogP) is 2.32. The average Bonchev–Trinajstić information content (AvgIpc) is 2.93. The Kier molecular flexibility index (Phi) is 5.29. The normalized spacial score (nSPS) is 21.1. The van der Waals surface area contributed by atoms with Gasteiger partial charge in [0.25, 0.3) is 0 Å². The lowest BCUT2D eigenvalue weighted by atomic mass is 9.97. The van der Waals surface area contributed by atoms with Crippen molar-refractivity contribution in [1.29, 1.82) is 0 Å². The Bertz CT molecular complexity index is 531. The molecule has 1 saturated heterocycles. The summed E-state index contributed by atoms with van der Waals surface area (Å²) in [6.07, 6.45) is 0.189. The molecule has 0 amide bonds. The third kappa shape index (κ3) is 3.53. The first-order valence-electron chi connectivity index (χ1n) is 7.77. The summed E-state index contributed by atoms with van der Waals surface area (Å²) in [5.74, 6) is 0.632. The summed E-state index contributed by atoms with van der Waals surface area (Å²) in [6, 6.07) is 6.39. The topological polar surface area (TPSA) is 61.8 Å². The molecule has 0 bridgehead atoms. The second-order valence-corrected chi connectivity index (χ2v) is 6.28. The quantitative estimate of drug-likeness (QED) is 0.844. The molecular weight excluding hydrogens is 280 g/mol. The number of carboxylic acid groups (broad SMARTS) is 1. The van der Waals surface area contributed by atoms with Crippen LogP contribution in [0.3, 0.4) is 0 Å². The minimum Gasteiger partial charge on any atom is -0.495 e. The van der Waals surface area contributed by atoms with Gasteiger partial charge in [-0.15, -0.1) is 0 Å². The Morgan fingerprint density at radius 2 is 2.18 bits per heavy atom. The van der Waals surface area contributed by atoms with E-state index in [0.29, 0.717) is 5.92 Å². The predicted molar refractivity (Wildman–Crippen MR) is 87.9 cm³/mol. The van der Waals surface area contributed by atoms with E-state index in [4.69, 9.17) is 9.84 Å². The molecule has 2 N–H and O–H groups in total. The molecule has 1 aliphatic rings. The van der Waals surface area contributed by atoms with Crippen LogP contribution < -0.4 is 15.0 Å². The van der Waals surface area contributed by atoms with Crippen molar-refractivity contribution in [2.24, 2.45) is 5.92 Å². The lowest BCUT2D eigenvalue weighted by molar-refractivity contribution is -0.138. The van der Waals surface area contributed by atoms with Gasteiger partial charge in [0, 0.05) is 32.1 Å². The van der Waals surface area contributed by atoms with Gasteiger partial charge in [-0.2, -0.15) is 0 Å². The van der Waals surface area contributed by atoms with Gasteiger partial charge in [0.05, 0.1) is 19.2 Å². The molecule has 22 heavy (non-hydrogen) atoms. The molecule has 1 heterocycles. The zero-order chi connectivity index (χ0) is 16.3. The van der Waals surface area contributed by atoms with E-state index in [9.17, 15) is 4.79 Å². The zero-order valence-electron chi connectivity index (χ0n) is 13.8. The number of anilines is 1. The van der Waals surface area contributed by atoms with Crippen molar-refractivity contribution in [2.75, 3.05) is 32.1 Å². The molecule has 5 nitrogen and oxygen atoms in total. The minimum atomic E-state index is -0.741. The number of carbonyl (C=O) groups is 1. The van der Waals surface area contributed by atoms with Crippen molar-refractivity contribution in [2.45, 2.75) is 32.2 Å². The highest BCUT2D eigenvalue weighted by atomic mass is 16.5. The standard InChI is InChI=1S/C17H26N2O3/c1-11(2)12-5-6-16(22-4)14(7-12)19(3)15-10-18-9-13(15)8-17(20)21/h5-7,11,13,15,18H,8-10H2,1-4H3,(H,20,21). The van der Waals surface area contributed by atoms with E-state index >= 15 is 0 Å². The Balaban J connectivity index is 2.28. The fourth-order valence-electron chi connectivity index (χ4n) is 3.13. The molecule has 0 aliphatic carbocycles. The molecule has 1 aliphatic heterocycles. The summed E-state index contributed by atoms with van der Waals surface area (Å²) in [5.41, 5.74) is 2.28. The van der Waals surface area contributed by atoms with Crippen molar-refractivity contribution < 1.29 is 14.6 Å². The number of aliphatic carboxylic acids is 1. The van der Waals surface area contributed by atoms with Crippen LogP contribution in [0.5, 0.6) is 5.75 Å². The van der Waals surface area contributed by atoms with Crippen LogP contribution in [0.1, 0.15) is 31.7 Å². The highest BCUT2D eigenvalue weighted by Gasteiger charge is 2.33. The van der Waals surface area contributed by atoms with Gasteiger partial charge in [-0.25, -0.2) is 0 Å². The van der Waals surface area contributed by atoms with Crippen LogP contribution in [-0.4, -0.2) is 44.4 Å². The Hall–Kier alpha value is -1.75. The van der Waals surface area contributed by atoms with Crippen LogP contribution in [0.25, 0.3) is 0 Å². The Morgan fingerprint density at radius 3 is 2.77 bits per heavy atom. The summed E-state index contributed by atoms with van der Waals surface area (Å²) in [7, 11) is 3.69. The highest BCUT2D eigenvalue weighted by molar-refractivity contribution is 5.68. The number of hydrogen-bond donors (Lipinski definition) is 2. The number of carboxylic acids is 1. The summed E-state index contributed by atoms with van der Waals surface area (Å²) in [4.78, 5) is 13.2. The Morgan fingerprint density at radius 1 is 1.45 bits per heavy atom. The third-order valence-electron chi connectivity index (χ3n) is 4.49. The van der Waals surface area contributed by atoms with Crippen LogP contribution >= 0.6 is 0 Å². The third-order valence-corrected chi connectivity index (χ3v) is 4.49. The first-order valence-corrected chi connectivity index (χ1v) is 7.77. The van der Waals surface area contributed by atoms with Crippen molar-refractivity contribution in [3.8, 4) is 5.75 Å². The first-order chi connectivity index (χ1) is 10.4. The van der Waals surface area contributed by atoms with E-state index in [-0.39, 0.29) is 18.4 Å². The molecule has 0 spiro atoms. The number of nitrogens with zero attached hydrogens (tertiary/aromatic N) is 1. The van der Waals surface area contributed by atoms with E-state index < -0.39 is 5.97 Å². The molecule has 1 fully saturated rings. The van der Waals surface area contributed by atoms with Crippen molar-refractivity contribution >= 4 is 11.7 Å². The molecular formula is C17H26N2O3. The lowest BCUT2D eigenvalue weighted by Gasteiger charge is -2.32. The second kappa shape index (κ2) is 7.01. The van der Waals surface area contributed by atoms with E-state index in [1.807, 2.05) is 13.1 Å². The molecule has 122 valence electrons. The van der Waals surface area contributed by atoms with Gasteiger partial charge >= 0.3 is 5.97 Å². The molecule has 2 unspecified atom stereocenters. The van der Waals surface area contributed by atoms with Crippen molar-refractivity contribution in [3.63, 3.8) is 0 Å². The SMILES string of the molecule is COc1ccc(C(C)C)cc1N(C)C1CNCC1CC(=O)O. The van der Waals surface area contributed by atoms with E-state index in [0.717, 1.165) is 24.5 Å². The fourth-order valence-corrected chi connectivity index (χ4v) is 3.13. The molecule has 0 saturated carbocycles. The summed E-state index contributed by atoms with van der Waals surface area (Å²) >= 11 is 0. The molecule has 0 aromatic heterocycles. The monoisotopic (exact) mass is 306 g/mol. The largest absolute Gasteiger partial charge is 0.495 e. The van der Waals surface area contributed by atoms with Crippen LogP contribution in [0.2, 0.25) is 0 Å². The molecule has 2 atom stereocenters.